The second-order valence-electron chi connectivity index (χ2n) is 4.73. The number of hydrogen-bond donors (Lipinski definition) is 1. The minimum Gasteiger partial charge on any atom is -0.383 e. The van der Waals surface area contributed by atoms with Gasteiger partial charge in [-0.05, 0) is 30.5 Å². The average molecular weight is 304 g/mol. The van der Waals surface area contributed by atoms with Crippen molar-refractivity contribution in [2.45, 2.75) is 45.2 Å². The van der Waals surface area contributed by atoms with Crippen LogP contribution in [-0.4, -0.2) is 19.8 Å². The molecular weight excluding hydrogens is 281 g/mol. The number of hydrogen-bond acceptors (Lipinski definition) is 2. The summed E-state index contributed by atoms with van der Waals surface area (Å²) in [5, 5.41) is 5.02. The molecule has 19 heavy (non-hydrogen) atoms. The Bertz CT molecular complexity index is 378. The average Bonchev–Trinajstić information content (AvgIpc) is 2.37. The molecule has 108 valence electrons. The molecule has 1 rings (SSSR count). The van der Waals surface area contributed by atoms with Crippen molar-refractivity contribution in [3.63, 3.8) is 0 Å². The first-order valence-corrected chi connectivity index (χ1v) is 7.57. The summed E-state index contributed by atoms with van der Waals surface area (Å²) in [6.07, 6.45) is 3.20. The van der Waals surface area contributed by atoms with E-state index in [2.05, 4.69) is 19.2 Å². The van der Waals surface area contributed by atoms with Crippen LogP contribution in [0.1, 0.15) is 44.7 Å². The van der Waals surface area contributed by atoms with E-state index in [1.54, 1.807) is 13.2 Å². The Morgan fingerprint density at radius 2 is 2.00 bits per heavy atom. The lowest BCUT2D eigenvalue weighted by atomic mass is 10.0. The molecule has 0 amide bonds. The highest BCUT2D eigenvalue weighted by Crippen LogP contribution is 2.28. The van der Waals surface area contributed by atoms with E-state index in [4.69, 9.17) is 27.9 Å². The lowest BCUT2D eigenvalue weighted by Crippen LogP contribution is -2.36. The van der Waals surface area contributed by atoms with Crippen LogP contribution in [0.5, 0.6) is 0 Å². The van der Waals surface area contributed by atoms with Crippen LogP contribution in [0.2, 0.25) is 10.0 Å². The van der Waals surface area contributed by atoms with Crippen LogP contribution < -0.4 is 5.32 Å². The standard InChI is InChI=1S/C15H23Cl2NO/c1-4-6-12(10-19-3)18-15(5-2)13-8-7-11(16)9-14(13)17/h7-9,12,15,18H,4-6,10H2,1-3H3. The smallest absolute Gasteiger partial charge is 0.0616 e. The third-order valence-corrected chi connectivity index (χ3v) is 3.75. The summed E-state index contributed by atoms with van der Waals surface area (Å²) in [6.45, 7) is 5.05. The quantitative estimate of drug-likeness (QED) is 0.741. The molecule has 0 bridgehead atoms. The van der Waals surface area contributed by atoms with E-state index in [0.717, 1.165) is 36.5 Å². The number of nitrogens with one attached hydrogen (secondary N) is 1. The van der Waals surface area contributed by atoms with E-state index < -0.39 is 0 Å². The Labute approximate surface area is 126 Å². The molecular formula is C15H23Cl2NO. The normalized spacial score (nSPS) is 14.4. The molecule has 1 N–H and O–H groups in total. The Morgan fingerprint density at radius 3 is 2.53 bits per heavy atom. The largest absolute Gasteiger partial charge is 0.383 e. The van der Waals surface area contributed by atoms with Gasteiger partial charge in [0, 0.05) is 29.2 Å². The Balaban J connectivity index is 2.80. The van der Waals surface area contributed by atoms with Crippen LogP contribution >= 0.6 is 23.2 Å². The van der Waals surface area contributed by atoms with Crippen molar-refractivity contribution in [1.82, 2.24) is 5.32 Å². The van der Waals surface area contributed by atoms with E-state index in [0.29, 0.717) is 11.1 Å². The predicted molar refractivity (Wildman–Crippen MR) is 83.2 cm³/mol. The van der Waals surface area contributed by atoms with Gasteiger partial charge in [0.1, 0.15) is 0 Å². The molecule has 0 heterocycles. The van der Waals surface area contributed by atoms with Crippen molar-refractivity contribution in [3.8, 4) is 0 Å². The lowest BCUT2D eigenvalue weighted by molar-refractivity contribution is 0.155. The van der Waals surface area contributed by atoms with Crippen LogP contribution in [0.3, 0.4) is 0 Å². The van der Waals surface area contributed by atoms with Crippen LogP contribution in [-0.2, 0) is 4.74 Å². The highest BCUT2D eigenvalue weighted by molar-refractivity contribution is 6.35. The van der Waals surface area contributed by atoms with Gasteiger partial charge in [0.05, 0.1) is 6.61 Å². The highest BCUT2D eigenvalue weighted by atomic mass is 35.5. The summed E-state index contributed by atoms with van der Waals surface area (Å²) in [5.41, 5.74) is 1.10. The molecule has 0 aliphatic heterocycles. The molecule has 0 radical (unpaired) electrons. The van der Waals surface area contributed by atoms with Gasteiger partial charge >= 0.3 is 0 Å². The minimum atomic E-state index is 0.233. The van der Waals surface area contributed by atoms with Gasteiger partial charge in [-0.15, -0.1) is 0 Å². The molecule has 0 aromatic heterocycles. The van der Waals surface area contributed by atoms with Gasteiger partial charge in [-0.3, -0.25) is 0 Å². The molecule has 0 spiro atoms. The zero-order valence-corrected chi connectivity index (χ0v) is 13.4. The highest BCUT2D eigenvalue weighted by Gasteiger charge is 2.17. The number of halogens is 2. The van der Waals surface area contributed by atoms with Crippen LogP contribution in [0, 0.1) is 0 Å². The van der Waals surface area contributed by atoms with Crippen molar-refractivity contribution in [3.05, 3.63) is 33.8 Å². The Kier molecular flexibility index (Phi) is 7.77. The van der Waals surface area contributed by atoms with Crippen molar-refractivity contribution in [2.75, 3.05) is 13.7 Å². The van der Waals surface area contributed by atoms with Crippen LogP contribution in [0.25, 0.3) is 0 Å². The fraction of sp³-hybridized carbons (Fsp3) is 0.600. The van der Waals surface area contributed by atoms with Crippen molar-refractivity contribution >= 4 is 23.2 Å². The van der Waals surface area contributed by atoms with E-state index >= 15 is 0 Å². The van der Waals surface area contributed by atoms with E-state index in [9.17, 15) is 0 Å². The van der Waals surface area contributed by atoms with Crippen LogP contribution in [0.15, 0.2) is 18.2 Å². The molecule has 1 aromatic rings. The number of rotatable bonds is 8. The summed E-state index contributed by atoms with van der Waals surface area (Å²) >= 11 is 12.2. The van der Waals surface area contributed by atoms with Crippen molar-refractivity contribution in [2.24, 2.45) is 0 Å². The molecule has 0 aliphatic carbocycles. The first-order chi connectivity index (χ1) is 9.12. The van der Waals surface area contributed by atoms with Gasteiger partial charge in [0.15, 0.2) is 0 Å². The Hall–Kier alpha value is -0.280. The fourth-order valence-electron chi connectivity index (χ4n) is 2.26. The maximum atomic E-state index is 6.28. The predicted octanol–water partition coefficient (Wildman–Crippen LogP) is 4.85. The van der Waals surface area contributed by atoms with Gasteiger partial charge in [0.25, 0.3) is 0 Å². The zero-order chi connectivity index (χ0) is 14.3. The molecule has 0 saturated heterocycles. The van der Waals surface area contributed by atoms with Crippen molar-refractivity contribution < 1.29 is 4.74 Å². The molecule has 0 fully saturated rings. The third-order valence-electron chi connectivity index (χ3n) is 3.19. The van der Waals surface area contributed by atoms with Gasteiger partial charge in [-0.1, -0.05) is 49.5 Å². The summed E-state index contributed by atoms with van der Waals surface area (Å²) in [4.78, 5) is 0. The topological polar surface area (TPSA) is 21.3 Å². The van der Waals surface area contributed by atoms with Gasteiger partial charge < -0.3 is 10.1 Å². The molecule has 1 aromatic carbocycles. The summed E-state index contributed by atoms with van der Waals surface area (Å²) in [6, 6.07) is 6.27. The van der Waals surface area contributed by atoms with Gasteiger partial charge in [-0.2, -0.15) is 0 Å². The second-order valence-corrected chi connectivity index (χ2v) is 5.58. The second kappa shape index (κ2) is 8.80. The molecule has 0 aliphatic rings. The summed E-state index contributed by atoms with van der Waals surface area (Å²) < 4.78 is 5.27. The first-order valence-electron chi connectivity index (χ1n) is 6.82. The van der Waals surface area contributed by atoms with Gasteiger partial charge in [-0.25, -0.2) is 0 Å². The summed E-state index contributed by atoms with van der Waals surface area (Å²) in [5.74, 6) is 0. The molecule has 2 unspecified atom stereocenters. The minimum absolute atomic E-state index is 0.233. The van der Waals surface area contributed by atoms with E-state index in [1.165, 1.54) is 0 Å². The maximum absolute atomic E-state index is 6.28. The van der Waals surface area contributed by atoms with Crippen molar-refractivity contribution in [1.29, 1.82) is 0 Å². The van der Waals surface area contributed by atoms with Crippen LogP contribution in [0.4, 0.5) is 0 Å². The number of methoxy groups -OCH3 is 1. The van der Waals surface area contributed by atoms with E-state index in [1.807, 2.05) is 12.1 Å². The first kappa shape index (κ1) is 16.8. The molecule has 4 heteroatoms. The maximum Gasteiger partial charge on any atom is 0.0616 e. The Morgan fingerprint density at radius 1 is 1.26 bits per heavy atom. The van der Waals surface area contributed by atoms with E-state index in [-0.39, 0.29) is 6.04 Å². The molecule has 2 nitrogen and oxygen atoms in total. The third kappa shape index (κ3) is 5.31. The fourth-order valence-corrected chi connectivity index (χ4v) is 2.80. The molecule has 2 atom stereocenters. The molecule has 0 saturated carbocycles. The SMILES string of the molecule is CCCC(COC)NC(CC)c1ccc(Cl)cc1Cl. The van der Waals surface area contributed by atoms with Gasteiger partial charge in [0.2, 0.25) is 0 Å². The lowest BCUT2D eigenvalue weighted by Gasteiger charge is -2.25. The monoisotopic (exact) mass is 303 g/mol. The number of benzene rings is 1. The summed E-state index contributed by atoms with van der Waals surface area (Å²) in [7, 11) is 1.74. The zero-order valence-electron chi connectivity index (χ0n) is 11.9. The number of ether oxygens (including phenoxy) is 1.